The van der Waals surface area contributed by atoms with Crippen LogP contribution in [0.3, 0.4) is 0 Å². The molecule has 5 heteroatoms. The molecule has 0 aromatic heterocycles. The van der Waals surface area contributed by atoms with E-state index in [2.05, 4.69) is 29.3 Å². The van der Waals surface area contributed by atoms with Gasteiger partial charge in [0.25, 0.3) is 0 Å². The minimum atomic E-state index is 0. The highest BCUT2D eigenvalue weighted by molar-refractivity contribution is 5.85. The Kier molecular flexibility index (Phi) is 8.89. The molecule has 26 heavy (non-hydrogen) atoms. The van der Waals surface area contributed by atoms with Crippen LogP contribution in [0.15, 0.2) is 30.3 Å². The van der Waals surface area contributed by atoms with Gasteiger partial charge in [0.2, 0.25) is 5.91 Å². The topological polar surface area (TPSA) is 41.6 Å². The Balaban J connectivity index is 0.00000243. The second-order valence-corrected chi connectivity index (χ2v) is 7.76. The molecule has 2 saturated heterocycles. The summed E-state index contributed by atoms with van der Waals surface area (Å²) >= 11 is 0. The molecule has 2 fully saturated rings. The van der Waals surface area contributed by atoms with Gasteiger partial charge >= 0.3 is 0 Å². The van der Waals surface area contributed by atoms with Crippen molar-refractivity contribution in [2.24, 2.45) is 17.8 Å². The Morgan fingerprint density at radius 2 is 1.96 bits per heavy atom. The number of ether oxygens (including phenoxy) is 1. The quantitative estimate of drug-likeness (QED) is 0.787. The van der Waals surface area contributed by atoms with Gasteiger partial charge in [-0.3, -0.25) is 4.79 Å². The number of likely N-dealkylation sites (tertiary alicyclic amines) is 1. The van der Waals surface area contributed by atoms with E-state index in [0.717, 1.165) is 39.2 Å². The van der Waals surface area contributed by atoms with Gasteiger partial charge in [0, 0.05) is 25.4 Å². The van der Waals surface area contributed by atoms with Crippen molar-refractivity contribution in [3.63, 3.8) is 0 Å². The lowest BCUT2D eigenvalue weighted by atomic mass is 9.84. The third-order valence-corrected chi connectivity index (χ3v) is 5.79. The van der Waals surface area contributed by atoms with E-state index < -0.39 is 0 Å². The molecule has 0 saturated carbocycles. The van der Waals surface area contributed by atoms with E-state index in [-0.39, 0.29) is 12.4 Å². The molecule has 1 N–H and O–H groups in total. The molecule has 2 heterocycles. The Labute approximate surface area is 164 Å². The van der Waals surface area contributed by atoms with Crippen LogP contribution in [0.5, 0.6) is 0 Å². The minimum absolute atomic E-state index is 0. The first-order valence-corrected chi connectivity index (χ1v) is 9.82. The maximum Gasteiger partial charge on any atom is 0.222 e. The summed E-state index contributed by atoms with van der Waals surface area (Å²) in [6.07, 6.45) is 4.21. The van der Waals surface area contributed by atoms with Gasteiger partial charge in [-0.05, 0) is 49.8 Å². The predicted molar refractivity (Wildman–Crippen MR) is 107 cm³/mol. The SMILES string of the molecule is CC(CC(=O)N1CCC(COCc2ccccc2)C1)C1CCNCC1.Cl. The molecular weight excluding hydrogens is 348 g/mol. The maximum atomic E-state index is 12.6. The highest BCUT2D eigenvalue weighted by atomic mass is 35.5. The summed E-state index contributed by atoms with van der Waals surface area (Å²) in [5.74, 6) is 2.04. The van der Waals surface area contributed by atoms with Gasteiger partial charge in [-0.1, -0.05) is 37.3 Å². The zero-order chi connectivity index (χ0) is 17.5. The summed E-state index contributed by atoms with van der Waals surface area (Å²) in [5.41, 5.74) is 1.21. The molecule has 146 valence electrons. The van der Waals surface area contributed by atoms with Crippen LogP contribution in [0.1, 0.15) is 38.2 Å². The number of rotatable bonds is 7. The van der Waals surface area contributed by atoms with Crippen LogP contribution >= 0.6 is 12.4 Å². The van der Waals surface area contributed by atoms with Crippen LogP contribution in [0.2, 0.25) is 0 Å². The Bertz CT molecular complexity index is 534. The summed E-state index contributed by atoms with van der Waals surface area (Å²) in [4.78, 5) is 14.7. The average Bonchev–Trinajstić information content (AvgIpc) is 3.12. The molecule has 1 aromatic rings. The summed E-state index contributed by atoms with van der Waals surface area (Å²) in [6, 6.07) is 10.3. The molecule has 3 rings (SSSR count). The number of piperidine rings is 1. The molecule has 0 aliphatic carbocycles. The first-order valence-electron chi connectivity index (χ1n) is 9.82. The summed E-state index contributed by atoms with van der Waals surface area (Å²) in [6.45, 7) is 7.65. The van der Waals surface area contributed by atoms with E-state index in [0.29, 0.717) is 36.7 Å². The van der Waals surface area contributed by atoms with Gasteiger partial charge in [0.05, 0.1) is 13.2 Å². The van der Waals surface area contributed by atoms with E-state index in [1.807, 2.05) is 18.2 Å². The molecule has 2 unspecified atom stereocenters. The molecule has 0 bridgehead atoms. The van der Waals surface area contributed by atoms with Crippen molar-refractivity contribution in [2.45, 2.75) is 39.2 Å². The lowest BCUT2D eigenvalue weighted by Gasteiger charge is -2.29. The van der Waals surface area contributed by atoms with Crippen LogP contribution in [0.4, 0.5) is 0 Å². The van der Waals surface area contributed by atoms with Gasteiger partial charge in [0.15, 0.2) is 0 Å². The van der Waals surface area contributed by atoms with E-state index in [9.17, 15) is 4.79 Å². The Morgan fingerprint density at radius 1 is 1.23 bits per heavy atom. The van der Waals surface area contributed by atoms with Gasteiger partial charge in [-0.2, -0.15) is 0 Å². The van der Waals surface area contributed by atoms with Crippen LogP contribution < -0.4 is 5.32 Å². The van der Waals surface area contributed by atoms with Crippen LogP contribution in [-0.4, -0.2) is 43.6 Å². The van der Waals surface area contributed by atoms with Gasteiger partial charge < -0.3 is 15.0 Å². The molecule has 0 spiro atoms. The van der Waals surface area contributed by atoms with Crippen molar-refractivity contribution in [1.82, 2.24) is 10.2 Å². The summed E-state index contributed by atoms with van der Waals surface area (Å²) in [7, 11) is 0. The first kappa shape index (κ1) is 21.2. The highest BCUT2D eigenvalue weighted by Crippen LogP contribution is 2.26. The number of carbonyl (C=O) groups is 1. The van der Waals surface area contributed by atoms with Crippen molar-refractivity contribution in [3.8, 4) is 0 Å². The number of carbonyl (C=O) groups excluding carboxylic acids is 1. The van der Waals surface area contributed by atoms with Crippen LogP contribution in [0.25, 0.3) is 0 Å². The van der Waals surface area contributed by atoms with Crippen molar-refractivity contribution in [1.29, 1.82) is 0 Å². The van der Waals surface area contributed by atoms with E-state index in [4.69, 9.17) is 4.74 Å². The third kappa shape index (κ3) is 6.26. The van der Waals surface area contributed by atoms with Crippen LogP contribution in [-0.2, 0) is 16.1 Å². The van der Waals surface area contributed by atoms with Crippen LogP contribution in [0, 0.1) is 17.8 Å². The molecule has 2 aliphatic rings. The van der Waals surface area contributed by atoms with Gasteiger partial charge in [0.1, 0.15) is 0 Å². The monoisotopic (exact) mass is 380 g/mol. The first-order chi connectivity index (χ1) is 12.2. The third-order valence-electron chi connectivity index (χ3n) is 5.79. The lowest BCUT2D eigenvalue weighted by Crippen LogP contribution is -2.35. The number of halogens is 1. The molecule has 1 amide bonds. The highest BCUT2D eigenvalue weighted by Gasteiger charge is 2.29. The standard InChI is InChI=1S/C21H32N2O2.ClH/c1-17(20-7-10-22-11-8-20)13-21(24)23-12-9-19(14-23)16-25-15-18-5-3-2-4-6-18;/h2-6,17,19-20,22H,7-16H2,1H3;1H. The number of benzene rings is 1. The zero-order valence-corrected chi connectivity index (χ0v) is 16.7. The second kappa shape index (κ2) is 10.9. The molecule has 1 aromatic carbocycles. The Morgan fingerprint density at radius 3 is 2.69 bits per heavy atom. The number of nitrogens with zero attached hydrogens (tertiary/aromatic N) is 1. The number of hydrogen-bond acceptors (Lipinski definition) is 3. The molecule has 0 radical (unpaired) electrons. The van der Waals surface area contributed by atoms with E-state index >= 15 is 0 Å². The van der Waals surface area contributed by atoms with E-state index in [1.54, 1.807) is 0 Å². The fourth-order valence-electron chi connectivity index (χ4n) is 4.10. The normalized spacial score (nSPS) is 22.0. The lowest BCUT2D eigenvalue weighted by molar-refractivity contribution is -0.131. The predicted octanol–water partition coefficient (Wildman–Crippen LogP) is 3.50. The van der Waals surface area contributed by atoms with E-state index in [1.165, 1.54) is 18.4 Å². The smallest absolute Gasteiger partial charge is 0.222 e. The largest absolute Gasteiger partial charge is 0.376 e. The van der Waals surface area contributed by atoms with Crippen molar-refractivity contribution >= 4 is 18.3 Å². The molecular formula is C21H33ClN2O2. The fourth-order valence-corrected chi connectivity index (χ4v) is 4.10. The summed E-state index contributed by atoms with van der Waals surface area (Å²) in [5, 5.41) is 3.41. The van der Waals surface area contributed by atoms with Crippen molar-refractivity contribution in [3.05, 3.63) is 35.9 Å². The minimum Gasteiger partial charge on any atom is -0.376 e. The summed E-state index contributed by atoms with van der Waals surface area (Å²) < 4.78 is 5.86. The number of hydrogen-bond donors (Lipinski definition) is 1. The number of nitrogens with one attached hydrogen (secondary N) is 1. The van der Waals surface area contributed by atoms with Crippen molar-refractivity contribution < 1.29 is 9.53 Å². The second-order valence-electron chi connectivity index (χ2n) is 7.76. The molecule has 4 nitrogen and oxygen atoms in total. The fraction of sp³-hybridized carbons (Fsp3) is 0.667. The average molecular weight is 381 g/mol. The van der Waals surface area contributed by atoms with Crippen molar-refractivity contribution in [2.75, 3.05) is 32.8 Å². The molecule has 2 aliphatic heterocycles. The van der Waals surface area contributed by atoms with Gasteiger partial charge in [-0.25, -0.2) is 0 Å². The number of amides is 1. The Hall–Kier alpha value is -1.10. The zero-order valence-electron chi connectivity index (χ0n) is 15.9. The van der Waals surface area contributed by atoms with Gasteiger partial charge in [-0.15, -0.1) is 12.4 Å². The molecule has 2 atom stereocenters. The maximum absolute atomic E-state index is 12.6.